The Morgan fingerprint density at radius 2 is 1.72 bits per heavy atom. The van der Waals surface area contributed by atoms with E-state index in [0.717, 1.165) is 23.4 Å². The van der Waals surface area contributed by atoms with Gasteiger partial charge in [0.2, 0.25) is 0 Å². The summed E-state index contributed by atoms with van der Waals surface area (Å²) in [6, 6.07) is 17.4. The molecule has 6 nitrogen and oxygen atoms in total. The van der Waals surface area contributed by atoms with Crippen molar-refractivity contribution in [1.29, 1.82) is 0 Å². The van der Waals surface area contributed by atoms with Gasteiger partial charge in [0.15, 0.2) is 11.5 Å². The number of nitrogens with one attached hydrogen (secondary N) is 1. The number of amides is 1. The van der Waals surface area contributed by atoms with Crippen molar-refractivity contribution in [3.05, 3.63) is 77.5 Å². The smallest absolute Gasteiger partial charge is 0.255 e. The average Bonchev–Trinajstić information content (AvgIpc) is 2.78. The zero-order chi connectivity index (χ0) is 20.2. The maximum Gasteiger partial charge on any atom is 0.255 e. The Kier molecular flexibility index (Phi) is 5.33. The van der Waals surface area contributed by atoms with E-state index in [9.17, 15) is 4.79 Å². The van der Waals surface area contributed by atoms with Gasteiger partial charge in [0.05, 0.1) is 19.8 Å². The number of methoxy groups -OCH3 is 2. The standard InChI is InChI=1S/C23H23N3O3/c1-28-20-12-16-10-11-26(15-18(16)13-21(20)29-2)23(27)17-8-9-22(24-14-17)25-19-6-4-3-5-7-19/h3-9,12-14H,10-11,15H2,1-2H3,(H,24,25). The summed E-state index contributed by atoms with van der Waals surface area (Å²) in [6.07, 6.45) is 2.40. The number of carbonyl (C=O) groups excluding carboxylic acids is 1. The van der Waals surface area contributed by atoms with Gasteiger partial charge in [-0.05, 0) is 53.9 Å². The van der Waals surface area contributed by atoms with Gasteiger partial charge in [-0.1, -0.05) is 18.2 Å². The molecular weight excluding hydrogens is 366 g/mol. The first-order valence-corrected chi connectivity index (χ1v) is 9.49. The Hall–Kier alpha value is -3.54. The van der Waals surface area contributed by atoms with Crippen LogP contribution in [0.25, 0.3) is 0 Å². The number of ether oxygens (including phenoxy) is 2. The zero-order valence-corrected chi connectivity index (χ0v) is 16.5. The SMILES string of the molecule is COc1cc2c(cc1OC)CN(C(=O)c1ccc(Nc3ccccc3)nc1)CC2. The number of rotatable bonds is 5. The molecule has 148 valence electrons. The van der Waals surface area contributed by atoms with Gasteiger partial charge < -0.3 is 19.7 Å². The van der Waals surface area contributed by atoms with Crippen molar-refractivity contribution in [3.8, 4) is 11.5 Å². The van der Waals surface area contributed by atoms with Gasteiger partial charge in [0, 0.05) is 25.0 Å². The second-order valence-electron chi connectivity index (χ2n) is 6.88. The van der Waals surface area contributed by atoms with E-state index in [2.05, 4.69) is 10.3 Å². The lowest BCUT2D eigenvalue weighted by atomic mass is 9.98. The van der Waals surface area contributed by atoms with E-state index in [1.807, 2.05) is 59.5 Å². The summed E-state index contributed by atoms with van der Waals surface area (Å²) in [6.45, 7) is 1.20. The fraction of sp³-hybridized carbons (Fsp3) is 0.217. The van der Waals surface area contributed by atoms with Crippen molar-refractivity contribution < 1.29 is 14.3 Å². The third kappa shape index (κ3) is 4.01. The molecule has 1 aliphatic heterocycles. The molecule has 0 saturated carbocycles. The molecule has 1 aromatic heterocycles. The normalized spacial score (nSPS) is 12.8. The minimum atomic E-state index is -0.0239. The molecule has 0 unspecified atom stereocenters. The predicted molar refractivity (Wildman–Crippen MR) is 112 cm³/mol. The number of hydrogen-bond donors (Lipinski definition) is 1. The number of hydrogen-bond acceptors (Lipinski definition) is 5. The van der Waals surface area contributed by atoms with Crippen molar-refractivity contribution in [1.82, 2.24) is 9.88 Å². The molecule has 4 rings (SSSR count). The third-order valence-electron chi connectivity index (χ3n) is 5.06. The molecule has 2 aromatic carbocycles. The molecule has 0 aliphatic carbocycles. The van der Waals surface area contributed by atoms with Gasteiger partial charge >= 0.3 is 0 Å². The molecule has 0 fully saturated rings. The van der Waals surface area contributed by atoms with E-state index in [4.69, 9.17) is 9.47 Å². The fourth-order valence-corrected chi connectivity index (χ4v) is 3.50. The summed E-state index contributed by atoms with van der Waals surface area (Å²) < 4.78 is 10.8. The molecule has 0 radical (unpaired) electrons. The van der Waals surface area contributed by atoms with Crippen LogP contribution in [0.1, 0.15) is 21.5 Å². The van der Waals surface area contributed by atoms with Crippen LogP contribution in [0, 0.1) is 0 Å². The van der Waals surface area contributed by atoms with Gasteiger partial charge in [0.25, 0.3) is 5.91 Å². The maximum atomic E-state index is 13.0. The maximum absolute atomic E-state index is 13.0. The lowest BCUT2D eigenvalue weighted by Gasteiger charge is -2.29. The van der Waals surface area contributed by atoms with Crippen molar-refractivity contribution in [2.24, 2.45) is 0 Å². The quantitative estimate of drug-likeness (QED) is 0.713. The third-order valence-corrected chi connectivity index (χ3v) is 5.06. The fourth-order valence-electron chi connectivity index (χ4n) is 3.50. The van der Waals surface area contributed by atoms with Crippen LogP contribution < -0.4 is 14.8 Å². The van der Waals surface area contributed by atoms with Crippen LogP contribution in [0.15, 0.2) is 60.8 Å². The average molecular weight is 389 g/mol. The van der Waals surface area contributed by atoms with Crippen molar-refractivity contribution in [2.75, 3.05) is 26.1 Å². The highest BCUT2D eigenvalue weighted by Crippen LogP contribution is 2.33. The number of carbonyl (C=O) groups is 1. The van der Waals surface area contributed by atoms with E-state index in [1.54, 1.807) is 20.4 Å². The van der Waals surface area contributed by atoms with E-state index in [-0.39, 0.29) is 5.91 Å². The first-order chi connectivity index (χ1) is 14.2. The number of fused-ring (bicyclic) bond motifs is 1. The van der Waals surface area contributed by atoms with E-state index in [1.165, 1.54) is 5.56 Å². The number of anilines is 2. The molecule has 29 heavy (non-hydrogen) atoms. The summed E-state index contributed by atoms with van der Waals surface area (Å²) in [7, 11) is 3.25. The van der Waals surface area contributed by atoms with Crippen molar-refractivity contribution >= 4 is 17.4 Å². The minimum Gasteiger partial charge on any atom is -0.493 e. The molecule has 6 heteroatoms. The van der Waals surface area contributed by atoms with E-state index < -0.39 is 0 Å². The first-order valence-electron chi connectivity index (χ1n) is 9.49. The lowest BCUT2D eigenvalue weighted by Crippen LogP contribution is -2.36. The predicted octanol–water partition coefficient (Wildman–Crippen LogP) is 4.04. The van der Waals surface area contributed by atoms with Crippen LogP contribution in [-0.4, -0.2) is 36.6 Å². The van der Waals surface area contributed by atoms with E-state index in [0.29, 0.717) is 30.2 Å². The summed E-state index contributed by atoms with van der Waals surface area (Å²) in [5.41, 5.74) is 3.80. The number of aromatic nitrogens is 1. The number of para-hydroxylation sites is 1. The Morgan fingerprint density at radius 3 is 2.38 bits per heavy atom. The Morgan fingerprint density at radius 1 is 1.00 bits per heavy atom. The molecular formula is C23H23N3O3. The van der Waals surface area contributed by atoms with Crippen LogP contribution in [0.3, 0.4) is 0 Å². The van der Waals surface area contributed by atoms with Crippen LogP contribution >= 0.6 is 0 Å². The minimum absolute atomic E-state index is 0.0239. The molecule has 2 heterocycles. The summed E-state index contributed by atoms with van der Waals surface area (Å²) in [5, 5.41) is 3.22. The van der Waals surface area contributed by atoms with Gasteiger partial charge in [-0.3, -0.25) is 4.79 Å². The second kappa shape index (κ2) is 8.22. The Labute approximate surface area is 170 Å². The largest absolute Gasteiger partial charge is 0.493 e. The second-order valence-corrected chi connectivity index (χ2v) is 6.88. The molecule has 1 aliphatic rings. The number of pyridine rings is 1. The van der Waals surface area contributed by atoms with Crippen molar-refractivity contribution in [2.45, 2.75) is 13.0 Å². The molecule has 0 saturated heterocycles. The molecule has 1 N–H and O–H groups in total. The molecule has 0 atom stereocenters. The molecule has 1 amide bonds. The highest BCUT2D eigenvalue weighted by Gasteiger charge is 2.24. The van der Waals surface area contributed by atoms with E-state index >= 15 is 0 Å². The Bertz CT molecular complexity index is 1000. The molecule has 0 bridgehead atoms. The topological polar surface area (TPSA) is 63.7 Å². The lowest BCUT2D eigenvalue weighted by molar-refractivity contribution is 0.0734. The van der Waals surface area contributed by atoms with Crippen LogP contribution in [0.2, 0.25) is 0 Å². The number of nitrogens with zero attached hydrogens (tertiary/aromatic N) is 2. The Balaban J connectivity index is 1.47. The van der Waals surface area contributed by atoms with Gasteiger partial charge in [-0.2, -0.15) is 0 Å². The first kappa shape index (κ1) is 18.8. The summed E-state index contributed by atoms with van der Waals surface area (Å²) >= 11 is 0. The molecule has 3 aromatic rings. The highest BCUT2D eigenvalue weighted by atomic mass is 16.5. The van der Waals surface area contributed by atoms with Crippen molar-refractivity contribution in [3.63, 3.8) is 0 Å². The van der Waals surface area contributed by atoms with Crippen LogP contribution in [0.4, 0.5) is 11.5 Å². The monoisotopic (exact) mass is 389 g/mol. The summed E-state index contributed by atoms with van der Waals surface area (Å²) in [4.78, 5) is 19.2. The van der Waals surface area contributed by atoms with Crippen LogP contribution in [-0.2, 0) is 13.0 Å². The number of benzene rings is 2. The zero-order valence-electron chi connectivity index (χ0n) is 16.5. The van der Waals surface area contributed by atoms with Crippen LogP contribution in [0.5, 0.6) is 11.5 Å². The van der Waals surface area contributed by atoms with Gasteiger partial charge in [-0.15, -0.1) is 0 Å². The van der Waals surface area contributed by atoms with Gasteiger partial charge in [0.1, 0.15) is 5.82 Å². The van der Waals surface area contributed by atoms with Gasteiger partial charge in [-0.25, -0.2) is 4.98 Å². The summed E-state index contributed by atoms with van der Waals surface area (Å²) in [5.74, 6) is 2.08. The highest BCUT2D eigenvalue weighted by molar-refractivity contribution is 5.94. The molecule has 0 spiro atoms.